The number of rotatable bonds is 4. The summed E-state index contributed by atoms with van der Waals surface area (Å²) < 4.78 is 95.2. The number of likely N-dealkylation sites (tertiary alicyclic amines) is 1. The Labute approximate surface area is 251 Å². The second-order valence-electron chi connectivity index (χ2n) is 12.1. The normalized spacial score (nSPS) is 24.0. The molecule has 3 saturated heterocycles. The number of carbonyl (C=O) groups excluding carboxylic acids is 2. The van der Waals surface area contributed by atoms with Gasteiger partial charge in [-0.1, -0.05) is 6.07 Å². The van der Waals surface area contributed by atoms with Crippen molar-refractivity contribution in [2.24, 2.45) is 0 Å². The maximum absolute atomic E-state index is 14.1. The molecule has 3 aliphatic rings. The number of amides is 3. The topological polar surface area (TPSA) is 47.1 Å². The number of fused-ring (bicyclic) bond motifs is 1. The van der Waals surface area contributed by atoms with Crippen LogP contribution >= 0.6 is 0 Å². The van der Waals surface area contributed by atoms with E-state index >= 15 is 0 Å². The summed E-state index contributed by atoms with van der Waals surface area (Å²) in [6.45, 7) is 5.43. The van der Waals surface area contributed by atoms with Gasteiger partial charge >= 0.3 is 18.4 Å². The lowest BCUT2D eigenvalue weighted by Crippen LogP contribution is -2.57. The first kappa shape index (κ1) is 32.1. The monoisotopic (exact) mass is 628 g/mol. The minimum absolute atomic E-state index is 0.0619. The summed E-state index contributed by atoms with van der Waals surface area (Å²) in [5.74, 6) is -0.274. The largest absolute Gasteiger partial charge is 0.416 e. The quantitative estimate of drug-likeness (QED) is 0.350. The van der Waals surface area contributed by atoms with Gasteiger partial charge in [0, 0.05) is 51.7 Å². The molecule has 44 heavy (non-hydrogen) atoms. The summed E-state index contributed by atoms with van der Waals surface area (Å²) in [5, 5.41) is 0. The van der Waals surface area contributed by atoms with Crippen molar-refractivity contribution < 1.29 is 40.3 Å². The first-order chi connectivity index (χ1) is 20.5. The number of hydrogen-bond acceptors (Lipinski definition) is 3. The second kappa shape index (κ2) is 11.9. The second-order valence-corrected chi connectivity index (χ2v) is 12.1. The number of carbonyl (C=O) groups is 2. The fourth-order valence-electron chi connectivity index (χ4n) is 6.85. The molecule has 2 aromatic carbocycles. The molecule has 3 fully saturated rings. The van der Waals surface area contributed by atoms with Gasteiger partial charge < -0.3 is 14.7 Å². The van der Waals surface area contributed by atoms with Gasteiger partial charge in [0.05, 0.1) is 23.2 Å². The highest BCUT2D eigenvalue weighted by Crippen LogP contribution is 2.40. The molecule has 240 valence electrons. The van der Waals surface area contributed by atoms with Crippen LogP contribution in [0.2, 0.25) is 0 Å². The predicted octanol–water partition coefficient (Wildman–Crippen LogP) is 6.80. The van der Waals surface area contributed by atoms with E-state index in [1.165, 1.54) is 26.1 Å². The number of alkyl halides is 6. The van der Waals surface area contributed by atoms with Crippen LogP contribution < -0.4 is 0 Å². The molecule has 0 N–H and O–H groups in total. The summed E-state index contributed by atoms with van der Waals surface area (Å²) in [7, 11) is 1.36. The van der Waals surface area contributed by atoms with Crippen molar-refractivity contribution in [1.29, 1.82) is 0 Å². The van der Waals surface area contributed by atoms with E-state index in [2.05, 4.69) is 4.90 Å². The van der Waals surface area contributed by atoms with Crippen molar-refractivity contribution in [3.63, 3.8) is 0 Å². The SMILES string of the molecule is Cc1cc(F)ccc1[C@H]1C[C@@H](N2CCN3C(=O)CC[C@H]3C2)CCN1C(=O)N(C)C(C)c1cc(C(F)(F)F)cc(C(F)(F)F)c1. The first-order valence-corrected chi connectivity index (χ1v) is 14.7. The molecule has 0 bridgehead atoms. The van der Waals surface area contributed by atoms with Crippen LogP contribution in [0.5, 0.6) is 0 Å². The van der Waals surface area contributed by atoms with Crippen molar-refractivity contribution >= 4 is 11.9 Å². The average Bonchev–Trinajstić information content (AvgIpc) is 3.34. The highest BCUT2D eigenvalue weighted by Gasteiger charge is 2.43. The Kier molecular flexibility index (Phi) is 8.65. The van der Waals surface area contributed by atoms with E-state index in [4.69, 9.17) is 0 Å². The van der Waals surface area contributed by atoms with Crippen LogP contribution in [0.1, 0.15) is 72.5 Å². The lowest BCUT2D eigenvalue weighted by molar-refractivity contribution is -0.143. The van der Waals surface area contributed by atoms with Crippen molar-refractivity contribution in [3.05, 3.63) is 70.0 Å². The molecule has 0 aromatic heterocycles. The van der Waals surface area contributed by atoms with E-state index < -0.39 is 47.4 Å². The van der Waals surface area contributed by atoms with Gasteiger partial charge in [-0.2, -0.15) is 26.3 Å². The number of halogens is 7. The molecule has 3 amide bonds. The van der Waals surface area contributed by atoms with Gasteiger partial charge in [0.1, 0.15) is 5.82 Å². The Bertz CT molecular complexity index is 1380. The van der Waals surface area contributed by atoms with Gasteiger partial charge in [-0.3, -0.25) is 9.69 Å². The maximum Gasteiger partial charge on any atom is 0.416 e. The molecule has 1 unspecified atom stereocenters. The number of hydrogen-bond donors (Lipinski definition) is 0. The molecule has 13 heteroatoms. The minimum atomic E-state index is -5.01. The average molecular weight is 629 g/mol. The first-order valence-electron chi connectivity index (χ1n) is 14.7. The van der Waals surface area contributed by atoms with Gasteiger partial charge in [-0.15, -0.1) is 0 Å². The molecule has 2 aromatic rings. The van der Waals surface area contributed by atoms with E-state index in [0.29, 0.717) is 56.6 Å². The maximum atomic E-state index is 14.1. The summed E-state index contributed by atoms with van der Waals surface area (Å²) in [4.78, 5) is 33.2. The molecular formula is C31H35F7N4O2. The predicted molar refractivity (Wildman–Crippen MR) is 148 cm³/mol. The van der Waals surface area contributed by atoms with Gasteiger partial charge in [0.25, 0.3) is 0 Å². The standard InChI is InChI=1S/C31H35F7N4O2/c1-18-12-23(32)4-6-26(18)27-16-24(40-10-11-41-25(17-40)5-7-28(41)43)8-9-42(27)29(44)39(3)19(2)20-13-21(30(33,34)35)15-22(14-20)31(36,37)38/h4,6,12-15,19,24-25,27H,5,7-11,16-17H2,1-3H3/t19?,24-,25-,27+/m0/s1. The molecule has 3 heterocycles. The summed E-state index contributed by atoms with van der Waals surface area (Å²) in [5.41, 5.74) is -1.84. The molecule has 3 aliphatic heterocycles. The Morgan fingerprint density at radius 2 is 1.59 bits per heavy atom. The third-order valence-electron chi connectivity index (χ3n) is 9.43. The fraction of sp³-hybridized carbons (Fsp3) is 0.548. The van der Waals surface area contributed by atoms with E-state index in [0.717, 1.165) is 16.9 Å². The zero-order valence-electron chi connectivity index (χ0n) is 24.7. The molecule has 5 rings (SSSR count). The summed E-state index contributed by atoms with van der Waals surface area (Å²) >= 11 is 0. The zero-order chi connectivity index (χ0) is 32.1. The molecule has 0 saturated carbocycles. The number of benzene rings is 2. The lowest BCUT2D eigenvalue weighted by atomic mass is 9.88. The Balaban J connectivity index is 1.42. The van der Waals surface area contributed by atoms with Crippen molar-refractivity contribution in [2.75, 3.05) is 33.2 Å². The van der Waals surface area contributed by atoms with Crippen LogP contribution in [0.4, 0.5) is 35.5 Å². The molecular weight excluding hydrogens is 593 g/mol. The molecule has 0 spiro atoms. The number of piperazine rings is 1. The van der Waals surface area contributed by atoms with Crippen LogP contribution in [0.3, 0.4) is 0 Å². The van der Waals surface area contributed by atoms with Crippen LogP contribution in [-0.4, -0.2) is 76.8 Å². The Hall–Kier alpha value is -3.35. The Morgan fingerprint density at radius 1 is 0.932 bits per heavy atom. The minimum Gasteiger partial charge on any atom is -0.337 e. The highest BCUT2D eigenvalue weighted by atomic mass is 19.4. The third-order valence-corrected chi connectivity index (χ3v) is 9.43. The van der Waals surface area contributed by atoms with E-state index in [9.17, 15) is 40.3 Å². The van der Waals surface area contributed by atoms with Gasteiger partial charge in [0.2, 0.25) is 5.91 Å². The zero-order valence-corrected chi connectivity index (χ0v) is 24.7. The summed E-state index contributed by atoms with van der Waals surface area (Å²) in [6.07, 6.45) is -7.60. The van der Waals surface area contributed by atoms with Gasteiger partial charge in [0.15, 0.2) is 0 Å². The molecule has 0 aliphatic carbocycles. The van der Waals surface area contributed by atoms with Crippen LogP contribution in [-0.2, 0) is 17.1 Å². The highest BCUT2D eigenvalue weighted by molar-refractivity contribution is 5.79. The Morgan fingerprint density at radius 3 is 2.20 bits per heavy atom. The van der Waals surface area contributed by atoms with Crippen LogP contribution in [0, 0.1) is 12.7 Å². The number of nitrogens with zero attached hydrogens (tertiary/aromatic N) is 4. The number of aryl methyl sites for hydroxylation is 1. The van der Waals surface area contributed by atoms with Crippen LogP contribution in [0.15, 0.2) is 36.4 Å². The number of urea groups is 1. The van der Waals surface area contributed by atoms with Crippen molar-refractivity contribution in [2.45, 2.75) is 76.1 Å². The smallest absolute Gasteiger partial charge is 0.337 e. The van der Waals surface area contributed by atoms with Crippen LogP contribution in [0.25, 0.3) is 0 Å². The van der Waals surface area contributed by atoms with E-state index in [-0.39, 0.29) is 36.2 Å². The van der Waals surface area contributed by atoms with Crippen molar-refractivity contribution in [1.82, 2.24) is 19.6 Å². The number of piperidine rings is 1. The van der Waals surface area contributed by atoms with E-state index in [1.54, 1.807) is 17.9 Å². The molecule has 6 nitrogen and oxygen atoms in total. The molecule has 4 atom stereocenters. The fourth-order valence-corrected chi connectivity index (χ4v) is 6.85. The summed E-state index contributed by atoms with van der Waals surface area (Å²) in [6, 6.07) is 3.68. The molecule has 0 radical (unpaired) electrons. The van der Waals surface area contributed by atoms with Gasteiger partial charge in [-0.25, -0.2) is 9.18 Å². The van der Waals surface area contributed by atoms with Gasteiger partial charge in [-0.05, 0) is 80.1 Å². The van der Waals surface area contributed by atoms with Crippen molar-refractivity contribution in [3.8, 4) is 0 Å². The van der Waals surface area contributed by atoms with E-state index in [1.807, 2.05) is 4.90 Å². The third kappa shape index (κ3) is 6.38. The lowest BCUT2D eigenvalue weighted by Gasteiger charge is -2.48.